The van der Waals surface area contributed by atoms with Crippen molar-refractivity contribution >= 4 is 18.3 Å². The average Bonchev–Trinajstić information content (AvgIpc) is 2.31. The van der Waals surface area contributed by atoms with Crippen molar-refractivity contribution in [3.63, 3.8) is 0 Å². The second-order valence-corrected chi connectivity index (χ2v) is 3.68. The fourth-order valence-electron chi connectivity index (χ4n) is 1.51. The van der Waals surface area contributed by atoms with E-state index in [1.807, 2.05) is 0 Å². The minimum Gasteiger partial charge on any atom is -0.333 e. The Labute approximate surface area is 113 Å². The number of nitrogens with zero attached hydrogens (tertiary/aromatic N) is 1. The zero-order valence-corrected chi connectivity index (χ0v) is 11.2. The van der Waals surface area contributed by atoms with E-state index in [2.05, 4.69) is 11.9 Å². The fourth-order valence-corrected chi connectivity index (χ4v) is 1.51. The zero-order chi connectivity index (χ0) is 12.7. The zero-order valence-electron chi connectivity index (χ0n) is 10.4. The Hall–Kier alpha value is -1.39. The molecule has 0 heterocycles. The molecule has 0 aliphatic carbocycles. The van der Waals surface area contributed by atoms with Gasteiger partial charge in [-0.2, -0.15) is 0 Å². The van der Waals surface area contributed by atoms with Crippen molar-refractivity contribution in [3.8, 4) is 0 Å². The number of rotatable bonds is 6. The number of benzene rings is 1. The maximum absolute atomic E-state index is 13.5. The molecule has 0 saturated heterocycles. The molecule has 5 heteroatoms. The molecule has 3 nitrogen and oxygen atoms in total. The first-order valence-corrected chi connectivity index (χ1v) is 5.45. The summed E-state index contributed by atoms with van der Waals surface area (Å²) in [5, 5.41) is 2.79. The summed E-state index contributed by atoms with van der Waals surface area (Å²) in [6, 6.07) is 6.46. The van der Waals surface area contributed by atoms with E-state index in [4.69, 9.17) is 0 Å². The summed E-state index contributed by atoms with van der Waals surface area (Å²) in [6.07, 6.45) is 1.63. The van der Waals surface area contributed by atoms with Crippen molar-refractivity contribution in [2.75, 3.05) is 20.1 Å². The van der Waals surface area contributed by atoms with Gasteiger partial charge in [0.15, 0.2) is 0 Å². The molecule has 100 valence electrons. The number of nitrogens with one attached hydrogen (secondary N) is 1. The Kier molecular flexibility index (Phi) is 8.00. The van der Waals surface area contributed by atoms with E-state index in [1.54, 1.807) is 36.2 Å². The Morgan fingerprint density at radius 2 is 2.17 bits per heavy atom. The minimum absolute atomic E-state index is 0. The number of hydrogen-bond donors (Lipinski definition) is 1. The number of likely N-dealkylation sites (N-methyl/N-ethyl adjacent to an activating group) is 1. The molecule has 1 rings (SSSR count). The van der Waals surface area contributed by atoms with Crippen LogP contribution in [0.15, 0.2) is 36.9 Å². The van der Waals surface area contributed by atoms with E-state index >= 15 is 0 Å². The number of amides is 1. The molecule has 18 heavy (non-hydrogen) atoms. The lowest BCUT2D eigenvalue weighted by Crippen LogP contribution is -2.37. The van der Waals surface area contributed by atoms with Crippen molar-refractivity contribution < 1.29 is 9.18 Å². The van der Waals surface area contributed by atoms with Crippen LogP contribution < -0.4 is 5.32 Å². The highest BCUT2D eigenvalue weighted by Crippen LogP contribution is 2.09. The molecule has 0 aliphatic heterocycles. The Balaban J connectivity index is 0.00000289. The third-order valence-electron chi connectivity index (χ3n) is 2.35. The summed E-state index contributed by atoms with van der Waals surface area (Å²) in [5.41, 5.74) is 0.513. The van der Waals surface area contributed by atoms with E-state index in [0.29, 0.717) is 12.1 Å². The third kappa shape index (κ3) is 4.85. The van der Waals surface area contributed by atoms with E-state index in [-0.39, 0.29) is 37.2 Å². The Morgan fingerprint density at radius 3 is 2.72 bits per heavy atom. The molecule has 0 fully saturated rings. The molecule has 0 bridgehead atoms. The standard InChI is InChI=1S/C13H17FN2O.ClH/c1-3-8-16(13(17)9-15-2)10-11-6-4-5-7-12(11)14;/h3-7,15H,1,8-10H2,2H3;1H. The van der Waals surface area contributed by atoms with Gasteiger partial charge in [0.1, 0.15) is 5.82 Å². The van der Waals surface area contributed by atoms with Crippen LogP contribution in [0.3, 0.4) is 0 Å². The van der Waals surface area contributed by atoms with Crippen LogP contribution in [0.2, 0.25) is 0 Å². The minimum atomic E-state index is -0.293. The van der Waals surface area contributed by atoms with E-state index in [1.165, 1.54) is 6.07 Å². The van der Waals surface area contributed by atoms with Crippen molar-refractivity contribution in [2.45, 2.75) is 6.54 Å². The summed E-state index contributed by atoms with van der Waals surface area (Å²) < 4.78 is 13.5. The van der Waals surface area contributed by atoms with Crippen LogP contribution in [0.5, 0.6) is 0 Å². The van der Waals surface area contributed by atoms with Crippen molar-refractivity contribution in [3.05, 3.63) is 48.3 Å². The van der Waals surface area contributed by atoms with Crippen LogP contribution in [0.1, 0.15) is 5.56 Å². The highest BCUT2D eigenvalue weighted by atomic mass is 35.5. The molecule has 0 aliphatic rings. The number of carbonyl (C=O) groups excluding carboxylic acids is 1. The summed E-state index contributed by atoms with van der Waals surface area (Å²) in [4.78, 5) is 13.3. The maximum Gasteiger partial charge on any atom is 0.237 e. The normalized spacial score (nSPS) is 9.44. The predicted molar refractivity (Wildman–Crippen MR) is 73.2 cm³/mol. The van der Waals surface area contributed by atoms with Gasteiger partial charge in [-0.3, -0.25) is 4.79 Å². The van der Waals surface area contributed by atoms with Crippen molar-refractivity contribution in [1.29, 1.82) is 0 Å². The average molecular weight is 273 g/mol. The van der Waals surface area contributed by atoms with Gasteiger partial charge in [0.2, 0.25) is 5.91 Å². The number of hydrogen-bond acceptors (Lipinski definition) is 2. The van der Waals surface area contributed by atoms with Crippen LogP contribution >= 0.6 is 12.4 Å². The molecular weight excluding hydrogens is 255 g/mol. The summed E-state index contributed by atoms with van der Waals surface area (Å²) in [5.74, 6) is -0.366. The Bertz CT molecular complexity index is 398. The van der Waals surface area contributed by atoms with E-state index in [9.17, 15) is 9.18 Å². The first-order chi connectivity index (χ1) is 8.19. The first kappa shape index (κ1) is 16.6. The van der Waals surface area contributed by atoms with Crippen LogP contribution in [0, 0.1) is 5.82 Å². The van der Waals surface area contributed by atoms with Gasteiger partial charge >= 0.3 is 0 Å². The fraction of sp³-hybridized carbons (Fsp3) is 0.308. The molecule has 1 aromatic rings. The predicted octanol–water partition coefficient (Wildman–Crippen LogP) is 1.98. The van der Waals surface area contributed by atoms with E-state index in [0.717, 1.165) is 0 Å². The summed E-state index contributed by atoms with van der Waals surface area (Å²) in [6.45, 7) is 4.51. The maximum atomic E-state index is 13.5. The van der Waals surface area contributed by atoms with Gasteiger partial charge in [0.05, 0.1) is 6.54 Å². The molecule has 0 aromatic heterocycles. The van der Waals surface area contributed by atoms with Gasteiger partial charge in [-0.1, -0.05) is 24.3 Å². The SMILES string of the molecule is C=CCN(Cc1ccccc1F)C(=O)CNC.Cl. The molecule has 1 N–H and O–H groups in total. The second kappa shape index (κ2) is 8.66. The molecule has 0 radical (unpaired) electrons. The largest absolute Gasteiger partial charge is 0.333 e. The molecule has 0 unspecified atom stereocenters. The number of carbonyl (C=O) groups is 1. The van der Waals surface area contributed by atoms with E-state index < -0.39 is 0 Å². The highest BCUT2D eigenvalue weighted by Gasteiger charge is 2.13. The highest BCUT2D eigenvalue weighted by molar-refractivity contribution is 5.85. The summed E-state index contributed by atoms with van der Waals surface area (Å²) in [7, 11) is 1.70. The summed E-state index contributed by atoms with van der Waals surface area (Å²) >= 11 is 0. The van der Waals surface area contributed by atoms with Gasteiger partial charge in [-0.05, 0) is 13.1 Å². The van der Waals surface area contributed by atoms with Crippen LogP contribution in [-0.4, -0.2) is 30.9 Å². The lowest BCUT2D eigenvalue weighted by molar-refractivity contribution is -0.130. The van der Waals surface area contributed by atoms with Crippen LogP contribution in [0.25, 0.3) is 0 Å². The van der Waals surface area contributed by atoms with Crippen molar-refractivity contribution in [2.24, 2.45) is 0 Å². The smallest absolute Gasteiger partial charge is 0.237 e. The molecule has 0 saturated carbocycles. The molecule has 1 amide bonds. The van der Waals surface area contributed by atoms with Gasteiger partial charge < -0.3 is 10.2 Å². The third-order valence-corrected chi connectivity index (χ3v) is 2.35. The quantitative estimate of drug-likeness (QED) is 0.803. The van der Waals surface area contributed by atoms with Gasteiger partial charge in [0, 0.05) is 18.7 Å². The topological polar surface area (TPSA) is 32.3 Å². The second-order valence-electron chi connectivity index (χ2n) is 3.68. The van der Waals surface area contributed by atoms with Gasteiger partial charge in [-0.15, -0.1) is 19.0 Å². The first-order valence-electron chi connectivity index (χ1n) is 5.45. The number of halogens is 2. The molecule has 1 aromatic carbocycles. The van der Waals surface area contributed by atoms with Gasteiger partial charge in [-0.25, -0.2) is 4.39 Å². The lowest BCUT2D eigenvalue weighted by Gasteiger charge is -2.21. The lowest BCUT2D eigenvalue weighted by atomic mass is 10.2. The molecular formula is C13H18ClFN2O. The monoisotopic (exact) mass is 272 g/mol. The van der Waals surface area contributed by atoms with Crippen LogP contribution in [0.4, 0.5) is 4.39 Å². The Morgan fingerprint density at radius 1 is 1.50 bits per heavy atom. The molecule has 0 atom stereocenters. The van der Waals surface area contributed by atoms with Gasteiger partial charge in [0.25, 0.3) is 0 Å². The molecule has 0 spiro atoms. The van der Waals surface area contributed by atoms with Crippen molar-refractivity contribution in [1.82, 2.24) is 10.2 Å². The van der Waals surface area contributed by atoms with Crippen LogP contribution in [-0.2, 0) is 11.3 Å².